The molecule has 0 aromatic heterocycles. The maximum atomic E-state index is 13.4. The standard InChI is InChI=1S/C25H19ClFN3O4S/c26-17-5-1-15(2-6-17)14-30-22(31)13-21(35-25(30)29-20-11-7-18(27)8-12-20)23(32)28-19-9-3-16(4-10-19)24(33)34/h1-12,21H,13-14H2,(H,28,32)(H,33,34)/t21-/m0/s1. The van der Waals surface area contributed by atoms with Crippen molar-refractivity contribution < 1.29 is 23.9 Å². The molecule has 7 nitrogen and oxygen atoms in total. The molecule has 1 atom stereocenters. The predicted octanol–water partition coefficient (Wildman–Crippen LogP) is 5.34. The van der Waals surface area contributed by atoms with Gasteiger partial charge in [0, 0.05) is 17.1 Å². The third-order valence-corrected chi connectivity index (χ3v) is 6.58. The Labute approximate surface area is 209 Å². The number of nitrogens with one attached hydrogen (secondary N) is 1. The van der Waals surface area contributed by atoms with Crippen LogP contribution in [0.25, 0.3) is 0 Å². The zero-order valence-corrected chi connectivity index (χ0v) is 19.7. The van der Waals surface area contributed by atoms with Crippen molar-refractivity contribution >= 4 is 57.7 Å². The number of amides is 2. The Morgan fingerprint density at radius 1 is 1.06 bits per heavy atom. The number of aromatic carboxylic acids is 1. The minimum Gasteiger partial charge on any atom is -0.478 e. The fourth-order valence-electron chi connectivity index (χ4n) is 3.31. The molecule has 1 aliphatic rings. The van der Waals surface area contributed by atoms with E-state index >= 15 is 0 Å². The average Bonchev–Trinajstić information content (AvgIpc) is 2.84. The summed E-state index contributed by atoms with van der Waals surface area (Å²) in [4.78, 5) is 43.1. The number of anilines is 1. The highest BCUT2D eigenvalue weighted by Gasteiger charge is 2.36. The van der Waals surface area contributed by atoms with Crippen molar-refractivity contribution in [1.29, 1.82) is 0 Å². The molecule has 2 N–H and O–H groups in total. The van der Waals surface area contributed by atoms with E-state index in [1.165, 1.54) is 53.4 Å². The Balaban J connectivity index is 1.57. The summed E-state index contributed by atoms with van der Waals surface area (Å²) < 4.78 is 13.4. The van der Waals surface area contributed by atoms with Crippen LogP contribution < -0.4 is 5.32 Å². The number of carboxylic acids is 1. The number of amidine groups is 1. The number of thioether (sulfide) groups is 1. The van der Waals surface area contributed by atoms with Gasteiger partial charge in [-0.05, 0) is 66.2 Å². The molecule has 0 aliphatic carbocycles. The number of hydrogen-bond donors (Lipinski definition) is 2. The van der Waals surface area contributed by atoms with Crippen LogP contribution in [0.4, 0.5) is 15.8 Å². The predicted molar refractivity (Wildman–Crippen MR) is 134 cm³/mol. The van der Waals surface area contributed by atoms with Gasteiger partial charge >= 0.3 is 5.97 Å². The van der Waals surface area contributed by atoms with Gasteiger partial charge in [-0.2, -0.15) is 0 Å². The van der Waals surface area contributed by atoms with Crippen LogP contribution in [-0.2, 0) is 16.1 Å². The first-order valence-electron chi connectivity index (χ1n) is 10.5. The summed E-state index contributed by atoms with van der Waals surface area (Å²) in [5, 5.41) is 11.9. The van der Waals surface area contributed by atoms with Gasteiger partial charge in [0.1, 0.15) is 11.1 Å². The van der Waals surface area contributed by atoms with Crippen molar-refractivity contribution in [3.63, 3.8) is 0 Å². The monoisotopic (exact) mass is 511 g/mol. The molecular weight excluding hydrogens is 493 g/mol. The first kappa shape index (κ1) is 24.4. The van der Waals surface area contributed by atoms with Crippen LogP contribution in [0, 0.1) is 5.82 Å². The zero-order chi connectivity index (χ0) is 24.9. The van der Waals surface area contributed by atoms with Gasteiger partial charge in [0.05, 0.1) is 17.8 Å². The summed E-state index contributed by atoms with van der Waals surface area (Å²) in [5.41, 5.74) is 1.77. The smallest absolute Gasteiger partial charge is 0.335 e. The highest BCUT2D eigenvalue weighted by atomic mass is 35.5. The van der Waals surface area contributed by atoms with E-state index < -0.39 is 22.9 Å². The number of halogens is 2. The molecule has 0 radical (unpaired) electrons. The van der Waals surface area contributed by atoms with E-state index in [4.69, 9.17) is 16.7 Å². The number of carbonyl (C=O) groups is 3. The first-order valence-corrected chi connectivity index (χ1v) is 11.7. The fourth-order valence-corrected chi connectivity index (χ4v) is 4.54. The minimum absolute atomic E-state index is 0.0558. The summed E-state index contributed by atoms with van der Waals surface area (Å²) in [6.07, 6.45) is -0.0558. The van der Waals surface area contributed by atoms with E-state index in [0.29, 0.717) is 21.6 Å². The number of carboxylic acid groups (broad SMARTS) is 1. The van der Waals surface area contributed by atoms with Crippen LogP contribution in [0.3, 0.4) is 0 Å². The van der Waals surface area contributed by atoms with Crippen LogP contribution in [0.5, 0.6) is 0 Å². The van der Waals surface area contributed by atoms with E-state index in [0.717, 1.165) is 17.3 Å². The third kappa shape index (κ3) is 6.26. The SMILES string of the molecule is O=C(O)c1ccc(NC(=O)[C@@H]2CC(=O)N(Cc3ccc(Cl)cc3)C(=Nc3ccc(F)cc3)S2)cc1. The Bertz CT molecular complexity index is 1280. The Morgan fingerprint density at radius 2 is 1.71 bits per heavy atom. The van der Waals surface area contributed by atoms with Gasteiger partial charge in [0.25, 0.3) is 0 Å². The quantitative estimate of drug-likeness (QED) is 0.465. The molecule has 1 saturated heterocycles. The van der Waals surface area contributed by atoms with E-state index in [9.17, 15) is 18.8 Å². The van der Waals surface area contributed by atoms with E-state index in [1.54, 1.807) is 24.3 Å². The summed E-state index contributed by atoms with van der Waals surface area (Å²) >= 11 is 7.09. The molecule has 35 heavy (non-hydrogen) atoms. The maximum absolute atomic E-state index is 13.4. The molecule has 3 aromatic carbocycles. The lowest BCUT2D eigenvalue weighted by Crippen LogP contribution is -2.44. The van der Waals surface area contributed by atoms with Crippen molar-refractivity contribution in [2.45, 2.75) is 18.2 Å². The lowest BCUT2D eigenvalue weighted by atomic mass is 10.2. The Morgan fingerprint density at radius 3 is 2.34 bits per heavy atom. The molecule has 0 bridgehead atoms. The number of carbonyl (C=O) groups excluding carboxylic acids is 2. The molecule has 10 heteroatoms. The van der Waals surface area contributed by atoms with Crippen molar-refractivity contribution in [3.05, 3.63) is 94.8 Å². The average molecular weight is 512 g/mol. The molecule has 2 amide bonds. The number of benzene rings is 3. The zero-order valence-electron chi connectivity index (χ0n) is 18.2. The number of aliphatic imine (C=N–C) groups is 1. The van der Waals surface area contributed by atoms with E-state index in [1.807, 2.05) is 0 Å². The minimum atomic E-state index is -1.07. The second kappa shape index (κ2) is 10.7. The summed E-state index contributed by atoms with van der Waals surface area (Å²) in [6.45, 7) is 0.230. The van der Waals surface area contributed by atoms with E-state index in [-0.39, 0.29) is 24.4 Å². The molecule has 0 spiro atoms. The summed E-state index contributed by atoms with van der Waals surface area (Å²) in [5.74, 6) is -2.19. The topological polar surface area (TPSA) is 99.1 Å². The fraction of sp³-hybridized carbons (Fsp3) is 0.120. The van der Waals surface area contributed by atoms with Gasteiger partial charge in [-0.25, -0.2) is 14.2 Å². The van der Waals surface area contributed by atoms with Crippen LogP contribution in [0.15, 0.2) is 77.8 Å². The van der Waals surface area contributed by atoms with Gasteiger partial charge in [-0.1, -0.05) is 35.5 Å². The lowest BCUT2D eigenvalue weighted by Gasteiger charge is -2.32. The number of rotatable bonds is 6. The van der Waals surface area contributed by atoms with Crippen molar-refractivity contribution in [1.82, 2.24) is 4.90 Å². The Hall–Kier alpha value is -3.69. The highest BCUT2D eigenvalue weighted by Crippen LogP contribution is 2.31. The van der Waals surface area contributed by atoms with Gasteiger partial charge in [0.2, 0.25) is 11.8 Å². The number of hydrogen-bond acceptors (Lipinski definition) is 5. The summed E-state index contributed by atoms with van der Waals surface area (Å²) in [7, 11) is 0. The molecule has 0 saturated carbocycles. The molecule has 1 heterocycles. The maximum Gasteiger partial charge on any atom is 0.335 e. The van der Waals surface area contributed by atoms with Crippen molar-refractivity contribution in [2.24, 2.45) is 4.99 Å². The van der Waals surface area contributed by atoms with Gasteiger partial charge in [-0.3, -0.25) is 14.5 Å². The van der Waals surface area contributed by atoms with Crippen molar-refractivity contribution in [3.8, 4) is 0 Å². The molecule has 1 aliphatic heterocycles. The van der Waals surface area contributed by atoms with Gasteiger partial charge in [0.15, 0.2) is 5.17 Å². The lowest BCUT2D eigenvalue weighted by molar-refractivity contribution is -0.129. The number of nitrogens with zero attached hydrogens (tertiary/aromatic N) is 2. The largest absolute Gasteiger partial charge is 0.478 e. The molecule has 3 aromatic rings. The first-order chi connectivity index (χ1) is 16.8. The van der Waals surface area contributed by atoms with Gasteiger partial charge in [-0.15, -0.1) is 0 Å². The van der Waals surface area contributed by atoms with Crippen LogP contribution in [0.1, 0.15) is 22.3 Å². The second-order valence-electron chi connectivity index (χ2n) is 7.66. The van der Waals surface area contributed by atoms with Crippen LogP contribution >= 0.6 is 23.4 Å². The second-order valence-corrected chi connectivity index (χ2v) is 9.27. The van der Waals surface area contributed by atoms with Crippen LogP contribution in [0.2, 0.25) is 5.02 Å². The molecule has 178 valence electrons. The molecular formula is C25H19ClFN3O4S. The van der Waals surface area contributed by atoms with E-state index in [2.05, 4.69) is 10.3 Å². The molecule has 4 rings (SSSR count). The molecule has 1 fully saturated rings. The van der Waals surface area contributed by atoms with Crippen molar-refractivity contribution in [2.75, 3.05) is 5.32 Å². The third-order valence-electron chi connectivity index (χ3n) is 5.14. The molecule has 0 unspecified atom stereocenters. The normalized spacial score (nSPS) is 16.9. The highest BCUT2D eigenvalue weighted by molar-refractivity contribution is 8.15. The Kier molecular flexibility index (Phi) is 7.48. The summed E-state index contributed by atoms with van der Waals surface area (Å²) in [6, 6.07) is 18.3. The van der Waals surface area contributed by atoms with Gasteiger partial charge < -0.3 is 10.4 Å². The van der Waals surface area contributed by atoms with Crippen LogP contribution in [-0.4, -0.2) is 38.2 Å².